The topological polar surface area (TPSA) is 107 Å². The quantitative estimate of drug-likeness (QED) is 0.370. The molecule has 2 aromatic rings. The minimum absolute atomic E-state index is 0.0149. The number of hydrogen-bond donors (Lipinski definition) is 3. The lowest BCUT2D eigenvalue weighted by atomic mass is 9.73. The average Bonchev–Trinajstić information content (AvgIpc) is 3.33. The predicted molar refractivity (Wildman–Crippen MR) is 127 cm³/mol. The molecule has 168 valence electrons. The van der Waals surface area contributed by atoms with Gasteiger partial charge in [0, 0.05) is 49.1 Å². The molecule has 3 N–H and O–H groups in total. The van der Waals surface area contributed by atoms with E-state index in [2.05, 4.69) is 51.7 Å². The highest BCUT2D eigenvalue weighted by Crippen LogP contribution is 2.37. The Hall–Kier alpha value is -3.32. The number of hydrogen-bond acceptors (Lipinski definition) is 7. The fraction of sp³-hybridized carbons (Fsp3) is 0.360. The molecule has 0 amide bonds. The number of allylic oxidation sites excluding steroid dienone is 3. The maximum atomic E-state index is 10.5. The summed E-state index contributed by atoms with van der Waals surface area (Å²) in [4.78, 5) is 4.28. The van der Waals surface area contributed by atoms with Crippen LogP contribution in [0.4, 0.5) is 0 Å². The molecule has 1 aliphatic heterocycles. The number of aliphatic hydroxyl groups excluding tert-OH is 1. The number of nitrogens with zero attached hydrogens (tertiary/aromatic N) is 3. The van der Waals surface area contributed by atoms with Gasteiger partial charge in [-0.1, -0.05) is 42.5 Å². The molecule has 1 aromatic carbocycles. The summed E-state index contributed by atoms with van der Waals surface area (Å²) in [5.74, 6) is 0.632. The van der Waals surface area contributed by atoms with E-state index in [1.165, 1.54) is 23.7 Å². The lowest BCUT2D eigenvalue weighted by Crippen LogP contribution is -2.34. The van der Waals surface area contributed by atoms with Crippen molar-refractivity contribution >= 4 is 12.4 Å². The third-order valence-electron chi connectivity index (χ3n) is 5.87. The van der Waals surface area contributed by atoms with E-state index in [1.807, 2.05) is 31.5 Å². The van der Waals surface area contributed by atoms with Crippen molar-refractivity contribution in [3.63, 3.8) is 0 Å². The Labute approximate surface area is 189 Å². The van der Waals surface area contributed by atoms with Crippen molar-refractivity contribution in [1.29, 1.82) is 5.41 Å². The molecule has 1 aliphatic rings. The molecule has 1 aromatic heterocycles. The van der Waals surface area contributed by atoms with Crippen molar-refractivity contribution in [3.8, 4) is 0 Å². The van der Waals surface area contributed by atoms with Gasteiger partial charge in [0.1, 0.15) is 0 Å². The molecule has 32 heavy (non-hydrogen) atoms. The van der Waals surface area contributed by atoms with Crippen LogP contribution in [0.25, 0.3) is 0 Å². The van der Waals surface area contributed by atoms with E-state index in [9.17, 15) is 5.11 Å². The van der Waals surface area contributed by atoms with Crippen LogP contribution in [0.15, 0.2) is 76.3 Å². The standard InChI is InChI=1S/C25H31N5O2/c1-25(23(27-2)13-15-26)14-16-28-17-21(25)9-11-22(31)10-7-19-3-5-20(6-4-19)8-12-24-30-29-18-32-24/h3-6,9,11,13-18,21-22,26-27,31H,7-8,10,12H2,1-2H3/b11-9+,23-13-,26-15?/t21?,22?,25-/m0/s1. The Morgan fingerprint density at radius 3 is 2.66 bits per heavy atom. The van der Waals surface area contributed by atoms with Crippen LogP contribution in [0, 0.1) is 16.7 Å². The molecule has 0 bridgehead atoms. The number of aryl methyl sites for hydroxylation is 3. The van der Waals surface area contributed by atoms with Gasteiger partial charge in [-0.15, -0.1) is 10.2 Å². The summed E-state index contributed by atoms with van der Waals surface area (Å²) >= 11 is 0. The molecule has 2 unspecified atom stereocenters. The van der Waals surface area contributed by atoms with Crippen LogP contribution < -0.4 is 5.32 Å². The molecular formula is C25H31N5O2. The zero-order valence-electron chi connectivity index (χ0n) is 18.6. The first-order valence-corrected chi connectivity index (χ1v) is 10.8. The number of aliphatic hydroxyl groups is 1. The summed E-state index contributed by atoms with van der Waals surface area (Å²) in [5.41, 5.74) is 2.99. The van der Waals surface area contributed by atoms with Crippen molar-refractivity contribution in [1.82, 2.24) is 15.5 Å². The van der Waals surface area contributed by atoms with Gasteiger partial charge < -0.3 is 20.2 Å². The lowest BCUT2D eigenvalue weighted by molar-refractivity contribution is 0.212. The second-order valence-electron chi connectivity index (χ2n) is 8.06. The number of rotatable bonds is 11. The van der Waals surface area contributed by atoms with Gasteiger partial charge in [0.2, 0.25) is 12.3 Å². The monoisotopic (exact) mass is 433 g/mol. The van der Waals surface area contributed by atoms with Gasteiger partial charge in [-0.3, -0.25) is 4.99 Å². The van der Waals surface area contributed by atoms with Crippen molar-refractivity contribution in [2.24, 2.45) is 16.3 Å². The lowest BCUT2D eigenvalue weighted by Gasteiger charge is -2.35. The molecule has 0 saturated heterocycles. The Kier molecular flexibility index (Phi) is 8.27. The van der Waals surface area contributed by atoms with E-state index in [0.717, 1.165) is 25.0 Å². The summed E-state index contributed by atoms with van der Waals surface area (Å²) in [6.07, 6.45) is 16.4. The molecule has 3 atom stereocenters. The molecule has 0 spiro atoms. The molecule has 0 radical (unpaired) electrons. The Balaban J connectivity index is 1.53. The van der Waals surface area contributed by atoms with Gasteiger partial charge in [0.05, 0.1) is 6.10 Å². The number of nitrogens with one attached hydrogen (secondary N) is 2. The van der Waals surface area contributed by atoms with Crippen LogP contribution in [0.3, 0.4) is 0 Å². The molecule has 0 aliphatic carbocycles. The van der Waals surface area contributed by atoms with E-state index in [-0.39, 0.29) is 11.3 Å². The first-order chi connectivity index (χ1) is 15.5. The van der Waals surface area contributed by atoms with Gasteiger partial charge in [-0.05, 0) is 43.4 Å². The van der Waals surface area contributed by atoms with Crippen LogP contribution in [-0.4, -0.2) is 40.9 Å². The summed E-state index contributed by atoms with van der Waals surface area (Å²) in [6, 6.07) is 8.44. The molecule has 0 saturated carbocycles. The van der Waals surface area contributed by atoms with Crippen LogP contribution in [0.2, 0.25) is 0 Å². The molecular weight excluding hydrogens is 402 g/mol. The van der Waals surface area contributed by atoms with Gasteiger partial charge in [-0.2, -0.15) is 0 Å². The third-order valence-corrected chi connectivity index (χ3v) is 5.87. The Morgan fingerprint density at radius 2 is 2.00 bits per heavy atom. The van der Waals surface area contributed by atoms with Crippen LogP contribution in [0.1, 0.15) is 30.4 Å². The van der Waals surface area contributed by atoms with Crippen LogP contribution in [0.5, 0.6) is 0 Å². The number of benzene rings is 1. The van der Waals surface area contributed by atoms with E-state index >= 15 is 0 Å². The van der Waals surface area contributed by atoms with Crippen LogP contribution in [-0.2, 0) is 19.3 Å². The van der Waals surface area contributed by atoms with E-state index in [4.69, 9.17) is 9.83 Å². The first kappa shape index (κ1) is 23.3. The van der Waals surface area contributed by atoms with Crippen molar-refractivity contribution in [2.45, 2.75) is 38.7 Å². The van der Waals surface area contributed by atoms with Crippen molar-refractivity contribution in [2.75, 3.05) is 7.05 Å². The van der Waals surface area contributed by atoms with Crippen molar-refractivity contribution in [3.05, 3.63) is 83.9 Å². The maximum Gasteiger partial charge on any atom is 0.216 e. The zero-order valence-corrected chi connectivity index (χ0v) is 18.6. The normalized spacial score (nSPS) is 21.7. The van der Waals surface area contributed by atoms with E-state index < -0.39 is 6.10 Å². The van der Waals surface area contributed by atoms with Crippen molar-refractivity contribution < 1.29 is 9.52 Å². The van der Waals surface area contributed by atoms with E-state index in [0.29, 0.717) is 12.3 Å². The molecule has 0 fully saturated rings. The van der Waals surface area contributed by atoms with Gasteiger partial charge in [0.15, 0.2) is 0 Å². The second-order valence-corrected chi connectivity index (χ2v) is 8.06. The highest BCUT2D eigenvalue weighted by molar-refractivity contribution is 5.72. The predicted octanol–water partition coefficient (Wildman–Crippen LogP) is 3.68. The highest BCUT2D eigenvalue weighted by atomic mass is 16.4. The first-order valence-electron chi connectivity index (χ1n) is 10.8. The average molecular weight is 434 g/mol. The molecule has 3 rings (SSSR count). The number of aliphatic imine (C=N–C) groups is 1. The van der Waals surface area contributed by atoms with E-state index in [1.54, 1.807) is 12.3 Å². The van der Waals surface area contributed by atoms with Gasteiger partial charge in [-0.25, -0.2) is 0 Å². The summed E-state index contributed by atoms with van der Waals surface area (Å²) in [5, 5.41) is 28.7. The minimum atomic E-state index is -0.541. The summed E-state index contributed by atoms with van der Waals surface area (Å²) in [7, 11) is 1.85. The maximum absolute atomic E-state index is 10.5. The fourth-order valence-electron chi connectivity index (χ4n) is 3.83. The Morgan fingerprint density at radius 1 is 1.25 bits per heavy atom. The van der Waals surface area contributed by atoms with Crippen LogP contribution >= 0.6 is 0 Å². The smallest absolute Gasteiger partial charge is 0.216 e. The highest BCUT2D eigenvalue weighted by Gasteiger charge is 2.34. The second kappa shape index (κ2) is 11.3. The third kappa shape index (κ3) is 6.11. The largest absolute Gasteiger partial charge is 0.428 e. The number of aromatic nitrogens is 2. The molecule has 7 nitrogen and oxygen atoms in total. The van der Waals surface area contributed by atoms with Gasteiger partial charge >= 0.3 is 0 Å². The molecule has 7 heteroatoms. The summed E-state index contributed by atoms with van der Waals surface area (Å²) < 4.78 is 5.17. The molecule has 2 heterocycles. The SMILES string of the molecule is CN/C(=C\C=N)[C@@]1(C)C=CN=CC1/C=C/C(O)CCc1ccc(CCc2nnco2)cc1. The minimum Gasteiger partial charge on any atom is -0.428 e. The fourth-order valence-corrected chi connectivity index (χ4v) is 3.83. The summed E-state index contributed by atoms with van der Waals surface area (Å²) in [6.45, 7) is 2.10. The van der Waals surface area contributed by atoms with Gasteiger partial charge in [0.25, 0.3) is 0 Å². The zero-order chi connectivity index (χ0) is 22.8. The Bertz CT molecular complexity index is 976.